The Kier molecular flexibility index (Phi) is 2.37. The van der Waals surface area contributed by atoms with Crippen molar-refractivity contribution in [2.75, 3.05) is 6.54 Å². The molecule has 0 bridgehead atoms. The number of carbonyl (C=O) groups is 1. The Balaban J connectivity index is 2.25. The first-order valence-electron chi connectivity index (χ1n) is 4.95. The van der Waals surface area contributed by atoms with Gasteiger partial charge >= 0.3 is 0 Å². The summed E-state index contributed by atoms with van der Waals surface area (Å²) in [5.74, 6) is 0.341. The number of aryl methyl sites for hydroxylation is 2. The first-order chi connectivity index (χ1) is 6.68. The molecule has 0 spiro atoms. The van der Waals surface area contributed by atoms with E-state index in [1.54, 1.807) is 0 Å². The minimum atomic E-state index is 0.162. The first kappa shape index (κ1) is 9.40. The molecule has 1 aromatic rings. The molecule has 1 unspecified atom stereocenters. The number of nitrogens with one attached hydrogen (secondary N) is 2. The molecule has 4 nitrogen and oxygen atoms in total. The summed E-state index contributed by atoms with van der Waals surface area (Å²) in [4.78, 5) is 11.3. The van der Waals surface area contributed by atoms with E-state index in [-0.39, 0.29) is 6.04 Å². The first-order valence-corrected chi connectivity index (χ1v) is 4.95. The largest absolute Gasteiger partial charge is 0.309 e. The van der Waals surface area contributed by atoms with E-state index in [4.69, 9.17) is 0 Å². The molecule has 4 heteroatoms. The maximum absolute atomic E-state index is 11.3. The van der Waals surface area contributed by atoms with Crippen molar-refractivity contribution in [2.45, 2.75) is 32.7 Å². The lowest BCUT2D eigenvalue weighted by Gasteiger charge is -2.23. The lowest BCUT2D eigenvalue weighted by atomic mass is 9.95. The van der Waals surface area contributed by atoms with Crippen molar-refractivity contribution < 1.29 is 4.79 Å². The van der Waals surface area contributed by atoms with Crippen molar-refractivity contribution in [1.82, 2.24) is 15.5 Å². The lowest BCUT2D eigenvalue weighted by Crippen LogP contribution is -2.32. The van der Waals surface area contributed by atoms with Gasteiger partial charge in [0.05, 0.1) is 5.69 Å². The van der Waals surface area contributed by atoms with Crippen LogP contribution in [0.1, 0.15) is 35.8 Å². The van der Waals surface area contributed by atoms with E-state index < -0.39 is 0 Å². The van der Waals surface area contributed by atoms with Crippen molar-refractivity contribution in [1.29, 1.82) is 0 Å². The number of aromatic nitrogens is 2. The SMILES string of the molecule is Cc1n[nH]c(C)c1C1CC(=O)CCN1. The minimum absolute atomic E-state index is 0.162. The van der Waals surface area contributed by atoms with E-state index >= 15 is 0 Å². The van der Waals surface area contributed by atoms with Crippen LogP contribution in [0.3, 0.4) is 0 Å². The fourth-order valence-electron chi connectivity index (χ4n) is 2.06. The fourth-order valence-corrected chi connectivity index (χ4v) is 2.06. The molecule has 0 saturated carbocycles. The average Bonchev–Trinajstić information content (AvgIpc) is 2.46. The molecule has 1 fully saturated rings. The third kappa shape index (κ3) is 1.57. The number of nitrogens with zero attached hydrogens (tertiary/aromatic N) is 1. The van der Waals surface area contributed by atoms with Gasteiger partial charge in [-0.15, -0.1) is 0 Å². The molecule has 76 valence electrons. The standard InChI is InChI=1S/C10H15N3O/c1-6-10(7(2)13-12-6)9-5-8(14)3-4-11-9/h9,11H,3-5H2,1-2H3,(H,12,13). The average molecular weight is 193 g/mol. The summed E-state index contributed by atoms with van der Waals surface area (Å²) in [5, 5.41) is 10.4. The van der Waals surface area contributed by atoms with Gasteiger partial charge in [0.15, 0.2) is 0 Å². The van der Waals surface area contributed by atoms with Crippen LogP contribution in [0.15, 0.2) is 0 Å². The summed E-state index contributed by atoms with van der Waals surface area (Å²) >= 11 is 0. The molecule has 0 radical (unpaired) electrons. The molecular weight excluding hydrogens is 178 g/mol. The third-order valence-corrected chi connectivity index (χ3v) is 2.76. The Labute approximate surface area is 83.1 Å². The minimum Gasteiger partial charge on any atom is -0.309 e. The number of hydrogen-bond acceptors (Lipinski definition) is 3. The second-order valence-corrected chi connectivity index (χ2v) is 3.85. The van der Waals surface area contributed by atoms with Crippen LogP contribution < -0.4 is 5.32 Å². The number of carbonyl (C=O) groups excluding carboxylic acids is 1. The van der Waals surface area contributed by atoms with Crippen molar-refractivity contribution >= 4 is 5.78 Å². The molecule has 2 heterocycles. The molecule has 0 aliphatic carbocycles. The summed E-state index contributed by atoms with van der Waals surface area (Å²) in [6.07, 6.45) is 1.26. The second-order valence-electron chi connectivity index (χ2n) is 3.85. The summed E-state index contributed by atoms with van der Waals surface area (Å²) in [6.45, 7) is 4.75. The van der Waals surface area contributed by atoms with Crippen molar-refractivity contribution in [3.63, 3.8) is 0 Å². The van der Waals surface area contributed by atoms with Crippen LogP contribution in [0.4, 0.5) is 0 Å². The Hall–Kier alpha value is -1.16. The summed E-state index contributed by atoms with van der Waals surface area (Å²) in [7, 11) is 0. The van der Waals surface area contributed by atoms with Crippen molar-refractivity contribution in [3.8, 4) is 0 Å². The third-order valence-electron chi connectivity index (χ3n) is 2.76. The molecule has 0 aromatic carbocycles. The van der Waals surface area contributed by atoms with Crippen LogP contribution in [0.5, 0.6) is 0 Å². The second kappa shape index (κ2) is 3.53. The topological polar surface area (TPSA) is 57.8 Å². The zero-order valence-corrected chi connectivity index (χ0v) is 8.55. The van der Waals surface area contributed by atoms with Gasteiger partial charge in [0.25, 0.3) is 0 Å². The quantitative estimate of drug-likeness (QED) is 0.700. The van der Waals surface area contributed by atoms with Gasteiger partial charge in [-0.1, -0.05) is 0 Å². The van der Waals surface area contributed by atoms with Crippen LogP contribution in [0.25, 0.3) is 0 Å². The molecule has 14 heavy (non-hydrogen) atoms. The normalized spacial score (nSPS) is 22.7. The molecule has 1 aromatic heterocycles. The van der Waals surface area contributed by atoms with Gasteiger partial charge in [0.2, 0.25) is 0 Å². The highest BCUT2D eigenvalue weighted by molar-refractivity contribution is 5.80. The van der Waals surface area contributed by atoms with Gasteiger partial charge < -0.3 is 5.32 Å². The van der Waals surface area contributed by atoms with E-state index in [0.29, 0.717) is 18.6 Å². The van der Waals surface area contributed by atoms with Gasteiger partial charge in [-0.2, -0.15) is 5.10 Å². The maximum Gasteiger partial charge on any atom is 0.136 e. The number of hydrogen-bond donors (Lipinski definition) is 2. The monoisotopic (exact) mass is 193 g/mol. The molecule has 1 aliphatic rings. The van der Waals surface area contributed by atoms with Crippen molar-refractivity contribution in [3.05, 3.63) is 17.0 Å². The Morgan fingerprint density at radius 1 is 1.43 bits per heavy atom. The molecular formula is C10H15N3O. The Morgan fingerprint density at radius 2 is 2.21 bits per heavy atom. The number of aromatic amines is 1. The molecule has 0 amide bonds. The Bertz CT molecular complexity index is 337. The number of Topliss-reactive ketones (excluding diaryl/α,β-unsaturated/α-hetero) is 1. The predicted octanol–water partition coefficient (Wildman–Crippen LogP) is 1.02. The zero-order valence-electron chi connectivity index (χ0n) is 8.55. The highest BCUT2D eigenvalue weighted by atomic mass is 16.1. The molecule has 1 aliphatic heterocycles. The number of piperidine rings is 1. The summed E-state index contributed by atoms with van der Waals surface area (Å²) in [6, 6.07) is 0.162. The van der Waals surface area contributed by atoms with Gasteiger partial charge in [-0.3, -0.25) is 9.89 Å². The van der Waals surface area contributed by atoms with Gasteiger partial charge in [-0.25, -0.2) is 0 Å². The van der Waals surface area contributed by atoms with Crippen LogP contribution in [-0.2, 0) is 4.79 Å². The van der Waals surface area contributed by atoms with E-state index in [1.165, 1.54) is 0 Å². The van der Waals surface area contributed by atoms with E-state index in [0.717, 1.165) is 23.5 Å². The highest BCUT2D eigenvalue weighted by Gasteiger charge is 2.24. The van der Waals surface area contributed by atoms with Crippen LogP contribution in [-0.4, -0.2) is 22.5 Å². The van der Waals surface area contributed by atoms with Crippen LogP contribution >= 0.6 is 0 Å². The van der Waals surface area contributed by atoms with Gasteiger partial charge in [-0.05, 0) is 13.8 Å². The predicted molar refractivity (Wildman–Crippen MR) is 53.0 cm³/mol. The van der Waals surface area contributed by atoms with Crippen LogP contribution in [0, 0.1) is 13.8 Å². The molecule has 1 atom stereocenters. The number of rotatable bonds is 1. The van der Waals surface area contributed by atoms with E-state index in [9.17, 15) is 4.79 Å². The molecule has 2 rings (SSSR count). The van der Waals surface area contributed by atoms with Gasteiger partial charge in [0.1, 0.15) is 5.78 Å². The van der Waals surface area contributed by atoms with Crippen LogP contribution in [0.2, 0.25) is 0 Å². The number of H-pyrrole nitrogens is 1. The lowest BCUT2D eigenvalue weighted by molar-refractivity contribution is -0.120. The summed E-state index contributed by atoms with van der Waals surface area (Å²) < 4.78 is 0. The van der Waals surface area contributed by atoms with E-state index in [1.807, 2.05) is 13.8 Å². The highest BCUT2D eigenvalue weighted by Crippen LogP contribution is 2.25. The zero-order chi connectivity index (χ0) is 10.1. The van der Waals surface area contributed by atoms with E-state index in [2.05, 4.69) is 15.5 Å². The fraction of sp³-hybridized carbons (Fsp3) is 0.600. The van der Waals surface area contributed by atoms with Crippen molar-refractivity contribution in [2.24, 2.45) is 0 Å². The maximum atomic E-state index is 11.3. The molecule has 1 saturated heterocycles. The summed E-state index contributed by atoms with van der Waals surface area (Å²) in [5.41, 5.74) is 3.22. The smallest absolute Gasteiger partial charge is 0.136 e. The Morgan fingerprint density at radius 3 is 2.79 bits per heavy atom. The molecule has 2 N–H and O–H groups in total. The number of ketones is 1. The van der Waals surface area contributed by atoms with Gasteiger partial charge in [0, 0.05) is 36.7 Å².